The number of thiophene rings is 1. The molecule has 0 aliphatic heterocycles. The molecule has 3 nitrogen and oxygen atoms in total. The SMILES string of the molecule is Cc1ccc(Oc2ccccc2NC(=O)CCc2ccsc2)cc1. The molecule has 0 saturated carbocycles. The molecule has 24 heavy (non-hydrogen) atoms. The molecule has 0 atom stereocenters. The summed E-state index contributed by atoms with van der Waals surface area (Å²) in [6.07, 6.45) is 1.20. The van der Waals surface area contributed by atoms with Crippen LogP contribution in [0, 0.1) is 6.92 Å². The molecule has 0 bridgehead atoms. The Balaban J connectivity index is 1.65. The Morgan fingerprint density at radius 2 is 1.88 bits per heavy atom. The van der Waals surface area contributed by atoms with E-state index in [9.17, 15) is 4.79 Å². The second-order valence-electron chi connectivity index (χ2n) is 5.59. The molecular formula is C20H19NO2S. The lowest BCUT2D eigenvalue weighted by atomic mass is 10.2. The van der Waals surface area contributed by atoms with Gasteiger partial charge in [-0.25, -0.2) is 0 Å². The number of aryl methyl sites for hydroxylation is 2. The molecule has 3 aromatic rings. The van der Waals surface area contributed by atoms with Crippen LogP contribution in [0.4, 0.5) is 5.69 Å². The summed E-state index contributed by atoms with van der Waals surface area (Å²) in [7, 11) is 0. The van der Waals surface area contributed by atoms with Crippen LogP contribution in [0.25, 0.3) is 0 Å². The third kappa shape index (κ3) is 4.46. The molecule has 4 heteroatoms. The van der Waals surface area contributed by atoms with E-state index in [-0.39, 0.29) is 5.91 Å². The maximum absolute atomic E-state index is 12.2. The summed E-state index contributed by atoms with van der Waals surface area (Å²) in [6, 6.07) is 17.4. The fourth-order valence-electron chi connectivity index (χ4n) is 2.30. The van der Waals surface area contributed by atoms with E-state index in [0.29, 0.717) is 17.9 Å². The van der Waals surface area contributed by atoms with Crippen LogP contribution in [0.5, 0.6) is 11.5 Å². The molecular weight excluding hydrogens is 318 g/mol. The van der Waals surface area contributed by atoms with Gasteiger partial charge in [0.1, 0.15) is 5.75 Å². The van der Waals surface area contributed by atoms with Crippen LogP contribution in [0.1, 0.15) is 17.5 Å². The van der Waals surface area contributed by atoms with Crippen molar-refractivity contribution in [2.24, 2.45) is 0 Å². The van der Waals surface area contributed by atoms with Crippen molar-refractivity contribution >= 4 is 22.9 Å². The van der Waals surface area contributed by atoms with Crippen molar-refractivity contribution in [2.45, 2.75) is 19.8 Å². The van der Waals surface area contributed by atoms with Crippen molar-refractivity contribution < 1.29 is 9.53 Å². The Kier molecular flexibility index (Phi) is 5.29. The molecule has 0 fully saturated rings. The second-order valence-corrected chi connectivity index (χ2v) is 6.37. The summed E-state index contributed by atoms with van der Waals surface area (Å²) >= 11 is 1.65. The number of carbonyl (C=O) groups is 1. The minimum Gasteiger partial charge on any atom is -0.455 e. The molecule has 0 radical (unpaired) electrons. The number of ether oxygens (including phenoxy) is 1. The van der Waals surface area contributed by atoms with E-state index in [4.69, 9.17) is 4.74 Å². The van der Waals surface area contributed by atoms with Gasteiger partial charge in [-0.05, 0) is 60.0 Å². The van der Waals surface area contributed by atoms with E-state index in [2.05, 4.69) is 10.7 Å². The Morgan fingerprint density at radius 3 is 2.62 bits per heavy atom. The number of hydrogen-bond donors (Lipinski definition) is 1. The molecule has 1 N–H and O–H groups in total. The lowest BCUT2D eigenvalue weighted by Gasteiger charge is -2.12. The van der Waals surface area contributed by atoms with Crippen LogP contribution in [0.3, 0.4) is 0 Å². The van der Waals surface area contributed by atoms with Crippen LogP contribution in [0.15, 0.2) is 65.4 Å². The van der Waals surface area contributed by atoms with Crippen molar-refractivity contribution in [3.8, 4) is 11.5 Å². The average Bonchev–Trinajstić information content (AvgIpc) is 3.10. The van der Waals surface area contributed by atoms with Crippen molar-refractivity contribution in [3.63, 3.8) is 0 Å². The van der Waals surface area contributed by atoms with Gasteiger partial charge in [0.2, 0.25) is 5.91 Å². The number of carbonyl (C=O) groups excluding carboxylic acids is 1. The van der Waals surface area contributed by atoms with E-state index in [1.807, 2.05) is 66.9 Å². The molecule has 2 aromatic carbocycles. The van der Waals surface area contributed by atoms with Gasteiger partial charge in [0, 0.05) is 6.42 Å². The fraction of sp³-hybridized carbons (Fsp3) is 0.150. The molecule has 122 valence electrons. The van der Waals surface area contributed by atoms with Crippen LogP contribution in [-0.4, -0.2) is 5.91 Å². The summed E-state index contributed by atoms with van der Waals surface area (Å²) in [5, 5.41) is 7.04. The summed E-state index contributed by atoms with van der Waals surface area (Å²) < 4.78 is 5.90. The van der Waals surface area contributed by atoms with E-state index in [1.54, 1.807) is 11.3 Å². The quantitative estimate of drug-likeness (QED) is 0.652. The van der Waals surface area contributed by atoms with Gasteiger partial charge in [-0.2, -0.15) is 11.3 Å². The number of rotatable bonds is 6. The van der Waals surface area contributed by atoms with Gasteiger partial charge in [-0.15, -0.1) is 0 Å². The highest BCUT2D eigenvalue weighted by atomic mass is 32.1. The standard InChI is InChI=1S/C20H19NO2S/c1-15-6-9-17(10-7-15)23-19-5-3-2-4-18(19)21-20(22)11-8-16-12-13-24-14-16/h2-7,9-10,12-14H,8,11H2,1H3,(H,21,22). The predicted molar refractivity (Wildman–Crippen MR) is 99.0 cm³/mol. The normalized spacial score (nSPS) is 10.4. The Hall–Kier alpha value is -2.59. The first-order valence-electron chi connectivity index (χ1n) is 7.85. The minimum absolute atomic E-state index is 0.0128. The fourth-order valence-corrected chi connectivity index (χ4v) is 3.00. The first-order chi connectivity index (χ1) is 11.7. The molecule has 0 unspecified atom stereocenters. The summed E-state index contributed by atoms with van der Waals surface area (Å²) in [4.78, 5) is 12.2. The zero-order valence-electron chi connectivity index (χ0n) is 13.5. The second kappa shape index (κ2) is 7.79. The van der Waals surface area contributed by atoms with Gasteiger partial charge >= 0.3 is 0 Å². The average molecular weight is 337 g/mol. The number of anilines is 1. The topological polar surface area (TPSA) is 38.3 Å². The molecule has 1 amide bonds. The lowest BCUT2D eigenvalue weighted by Crippen LogP contribution is -2.12. The minimum atomic E-state index is -0.0128. The maximum Gasteiger partial charge on any atom is 0.224 e. The van der Waals surface area contributed by atoms with E-state index in [0.717, 1.165) is 12.2 Å². The number of hydrogen-bond acceptors (Lipinski definition) is 3. The molecule has 1 heterocycles. The van der Waals surface area contributed by atoms with Crippen molar-refractivity contribution in [2.75, 3.05) is 5.32 Å². The highest BCUT2D eigenvalue weighted by Crippen LogP contribution is 2.29. The van der Waals surface area contributed by atoms with Crippen LogP contribution >= 0.6 is 11.3 Å². The molecule has 0 aliphatic carbocycles. The lowest BCUT2D eigenvalue weighted by molar-refractivity contribution is -0.116. The summed E-state index contributed by atoms with van der Waals surface area (Å²) in [5.74, 6) is 1.38. The summed E-state index contributed by atoms with van der Waals surface area (Å²) in [5.41, 5.74) is 3.06. The van der Waals surface area contributed by atoms with Crippen LogP contribution in [-0.2, 0) is 11.2 Å². The number of amides is 1. The van der Waals surface area contributed by atoms with Crippen LogP contribution < -0.4 is 10.1 Å². The van der Waals surface area contributed by atoms with E-state index >= 15 is 0 Å². The molecule has 0 saturated heterocycles. The first-order valence-corrected chi connectivity index (χ1v) is 8.79. The van der Waals surface area contributed by atoms with Crippen molar-refractivity contribution in [3.05, 3.63) is 76.5 Å². The van der Waals surface area contributed by atoms with Crippen LogP contribution in [0.2, 0.25) is 0 Å². The highest BCUT2D eigenvalue weighted by Gasteiger charge is 2.09. The Labute approximate surface area is 145 Å². The Morgan fingerprint density at radius 1 is 1.08 bits per heavy atom. The van der Waals surface area contributed by atoms with E-state index < -0.39 is 0 Å². The molecule has 0 aliphatic rings. The van der Waals surface area contributed by atoms with Gasteiger partial charge in [0.25, 0.3) is 0 Å². The smallest absolute Gasteiger partial charge is 0.224 e. The maximum atomic E-state index is 12.2. The van der Waals surface area contributed by atoms with Gasteiger partial charge < -0.3 is 10.1 Å². The zero-order chi connectivity index (χ0) is 16.8. The Bertz CT molecular complexity index is 795. The number of benzene rings is 2. The van der Waals surface area contributed by atoms with Gasteiger partial charge in [-0.1, -0.05) is 29.8 Å². The first kappa shape index (κ1) is 16.3. The number of para-hydroxylation sites is 2. The third-order valence-electron chi connectivity index (χ3n) is 3.63. The predicted octanol–water partition coefficient (Wildman–Crippen LogP) is 5.42. The van der Waals surface area contributed by atoms with Gasteiger partial charge in [-0.3, -0.25) is 4.79 Å². The molecule has 3 rings (SSSR count). The monoisotopic (exact) mass is 337 g/mol. The van der Waals surface area contributed by atoms with Gasteiger partial charge in [0.15, 0.2) is 5.75 Å². The molecule has 0 spiro atoms. The van der Waals surface area contributed by atoms with Crippen molar-refractivity contribution in [1.29, 1.82) is 0 Å². The largest absolute Gasteiger partial charge is 0.455 e. The molecule has 1 aromatic heterocycles. The zero-order valence-corrected chi connectivity index (χ0v) is 14.3. The van der Waals surface area contributed by atoms with E-state index in [1.165, 1.54) is 11.1 Å². The van der Waals surface area contributed by atoms with Crippen molar-refractivity contribution in [1.82, 2.24) is 0 Å². The summed E-state index contributed by atoms with van der Waals surface area (Å²) in [6.45, 7) is 2.03. The third-order valence-corrected chi connectivity index (χ3v) is 4.36. The number of nitrogens with one attached hydrogen (secondary N) is 1. The van der Waals surface area contributed by atoms with Gasteiger partial charge in [0.05, 0.1) is 5.69 Å². The highest BCUT2D eigenvalue weighted by molar-refractivity contribution is 7.07.